The molecule has 21 heavy (non-hydrogen) atoms. The number of hydrogen-bond donors (Lipinski definition) is 1. The Hall–Kier alpha value is -2.50. The molecular weight excluding hydrogens is 279 g/mol. The summed E-state index contributed by atoms with van der Waals surface area (Å²) in [4.78, 5) is 5.31. The van der Waals surface area contributed by atoms with Gasteiger partial charge in [-0.15, -0.1) is 0 Å². The van der Waals surface area contributed by atoms with Gasteiger partial charge in [0, 0.05) is 5.56 Å². The molecule has 0 bridgehead atoms. The van der Waals surface area contributed by atoms with E-state index in [1.165, 1.54) is 29.2 Å². The first kappa shape index (κ1) is 13.5. The molecule has 1 heterocycles. The summed E-state index contributed by atoms with van der Waals surface area (Å²) >= 11 is 0. The Kier molecular flexibility index (Phi) is 3.29. The number of halogens is 3. The number of para-hydroxylation sites is 1. The van der Waals surface area contributed by atoms with Crippen molar-refractivity contribution in [2.24, 2.45) is 10.7 Å². The van der Waals surface area contributed by atoms with Crippen molar-refractivity contribution in [3.05, 3.63) is 65.5 Å². The summed E-state index contributed by atoms with van der Waals surface area (Å²) in [5.74, 6) is -1.90. The third-order valence-electron chi connectivity index (χ3n) is 3.43. The Morgan fingerprint density at radius 2 is 1.57 bits per heavy atom. The fourth-order valence-electron chi connectivity index (χ4n) is 2.49. The van der Waals surface area contributed by atoms with Gasteiger partial charge in [-0.25, -0.2) is 13.2 Å². The summed E-state index contributed by atoms with van der Waals surface area (Å²) in [6.07, 6.45) is 0. The number of hydrogen-bond acceptors (Lipinski definition) is 3. The molecule has 3 nitrogen and oxygen atoms in total. The normalized spacial score (nSPS) is 18.0. The van der Waals surface area contributed by atoms with Gasteiger partial charge in [-0.05, 0) is 24.3 Å². The predicted molar refractivity (Wildman–Crippen MR) is 74.5 cm³/mol. The average Bonchev–Trinajstić information content (AvgIpc) is 2.81. The molecule has 1 aliphatic rings. The van der Waals surface area contributed by atoms with Crippen molar-refractivity contribution in [2.75, 3.05) is 11.4 Å². The summed E-state index contributed by atoms with van der Waals surface area (Å²) in [5.41, 5.74) is 5.75. The van der Waals surface area contributed by atoms with Crippen LogP contribution in [0.4, 0.5) is 18.9 Å². The quantitative estimate of drug-likeness (QED) is 0.924. The maximum Gasteiger partial charge on any atom is 0.196 e. The van der Waals surface area contributed by atoms with E-state index in [1.54, 1.807) is 6.07 Å². The van der Waals surface area contributed by atoms with E-state index in [9.17, 15) is 13.2 Å². The van der Waals surface area contributed by atoms with Gasteiger partial charge < -0.3 is 10.6 Å². The third-order valence-corrected chi connectivity index (χ3v) is 3.43. The van der Waals surface area contributed by atoms with Crippen molar-refractivity contribution in [3.63, 3.8) is 0 Å². The fraction of sp³-hybridized carbons (Fsp3) is 0.133. The lowest BCUT2D eigenvalue weighted by Crippen LogP contribution is -2.37. The second-order valence-electron chi connectivity index (χ2n) is 4.67. The Morgan fingerprint density at radius 1 is 0.952 bits per heavy atom. The third kappa shape index (κ3) is 2.22. The first-order valence-corrected chi connectivity index (χ1v) is 6.37. The van der Waals surface area contributed by atoms with Crippen LogP contribution in [0.15, 0.2) is 47.5 Å². The molecule has 1 atom stereocenters. The molecule has 3 rings (SSSR count). The lowest BCUT2D eigenvalue weighted by molar-refractivity contribution is 0.530. The molecular formula is C15H12F3N3. The highest BCUT2D eigenvalue weighted by molar-refractivity contribution is 5.97. The van der Waals surface area contributed by atoms with E-state index >= 15 is 0 Å². The largest absolute Gasteiger partial charge is 0.369 e. The van der Waals surface area contributed by atoms with Crippen LogP contribution >= 0.6 is 0 Å². The predicted octanol–water partition coefficient (Wildman–Crippen LogP) is 2.98. The van der Waals surface area contributed by atoms with Crippen molar-refractivity contribution < 1.29 is 13.2 Å². The molecule has 0 aliphatic carbocycles. The molecule has 108 valence electrons. The highest BCUT2D eigenvalue weighted by Crippen LogP contribution is 2.34. The topological polar surface area (TPSA) is 41.6 Å². The van der Waals surface area contributed by atoms with E-state index in [-0.39, 0.29) is 23.8 Å². The van der Waals surface area contributed by atoms with Crippen molar-refractivity contribution in [1.29, 1.82) is 0 Å². The molecule has 0 spiro atoms. The van der Waals surface area contributed by atoms with Gasteiger partial charge in [0.2, 0.25) is 0 Å². The van der Waals surface area contributed by atoms with Crippen LogP contribution in [0.1, 0.15) is 11.6 Å². The number of anilines is 1. The van der Waals surface area contributed by atoms with E-state index in [0.29, 0.717) is 0 Å². The van der Waals surface area contributed by atoms with Gasteiger partial charge in [-0.1, -0.05) is 18.2 Å². The van der Waals surface area contributed by atoms with E-state index in [0.717, 1.165) is 12.1 Å². The first-order chi connectivity index (χ1) is 10.1. The van der Waals surface area contributed by atoms with Gasteiger partial charge in [-0.2, -0.15) is 0 Å². The Balaban J connectivity index is 2.10. The molecule has 0 fully saturated rings. The summed E-state index contributed by atoms with van der Waals surface area (Å²) in [6.45, 7) is 0.0675. The summed E-state index contributed by atoms with van der Waals surface area (Å²) in [5, 5.41) is 0. The molecule has 2 aromatic rings. The lowest BCUT2D eigenvalue weighted by Gasteiger charge is -2.27. The molecule has 2 N–H and O–H groups in total. The minimum atomic E-state index is -0.803. The van der Waals surface area contributed by atoms with E-state index in [1.807, 2.05) is 0 Å². The Morgan fingerprint density at radius 3 is 2.24 bits per heavy atom. The molecule has 2 aromatic carbocycles. The zero-order valence-electron chi connectivity index (χ0n) is 10.9. The maximum atomic E-state index is 14.0. The van der Waals surface area contributed by atoms with E-state index in [4.69, 9.17) is 5.73 Å². The SMILES string of the molecule is NC1=NCC(c2c(F)cccc2F)N1c1ccccc1F. The molecule has 0 amide bonds. The van der Waals surface area contributed by atoms with Crippen LogP contribution in [0, 0.1) is 17.5 Å². The highest BCUT2D eigenvalue weighted by Gasteiger charge is 2.34. The smallest absolute Gasteiger partial charge is 0.196 e. The monoisotopic (exact) mass is 291 g/mol. The van der Waals surface area contributed by atoms with Gasteiger partial charge in [0.15, 0.2) is 5.96 Å². The first-order valence-electron chi connectivity index (χ1n) is 6.37. The lowest BCUT2D eigenvalue weighted by atomic mass is 10.0. The van der Waals surface area contributed by atoms with E-state index < -0.39 is 23.5 Å². The van der Waals surface area contributed by atoms with Crippen LogP contribution < -0.4 is 10.6 Å². The summed E-state index contributed by atoms with van der Waals surface area (Å²) in [7, 11) is 0. The Labute approximate surface area is 119 Å². The molecule has 6 heteroatoms. The van der Waals surface area contributed by atoms with Gasteiger partial charge in [-0.3, -0.25) is 4.99 Å². The summed E-state index contributed by atoms with van der Waals surface area (Å²) in [6, 6.07) is 8.70. The number of nitrogens with zero attached hydrogens (tertiary/aromatic N) is 2. The molecule has 0 saturated carbocycles. The summed E-state index contributed by atoms with van der Waals surface area (Å²) < 4.78 is 41.9. The second kappa shape index (κ2) is 5.12. The molecule has 0 saturated heterocycles. The maximum absolute atomic E-state index is 14.0. The number of rotatable bonds is 2. The Bertz CT molecular complexity index is 695. The number of guanidine groups is 1. The van der Waals surface area contributed by atoms with Gasteiger partial charge in [0.25, 0.3) is 0 Å². The minimum Gasteiger partial charge on any atom is -0.369 e. The number of aliphatic imine (C=N–C) groups is 1. The van der Waals surface area contributed by atoms with E-state index in [2.05, 4.69) is 4.99 Å². The van der Waals surface area contributed by atoms with Crippen molar-refractivity contribution >= 4 is 11.6 Å². The van der Waals surface area contributed by atoms with Crippen LogP contribution in [0.25, 0.3) is 0 Å². The average molecular weight is 291 g/mol. The number of benzene rings is 2. The van der Waals surface area contributed by atoms with Crippen molar-refractivity contribution in [2.45, 2.75) is 6.04 Å². The molecule has 1 aliphatic heterocycles. The van der Waals surface area contributed by atoms with Crippen LogP contribution in [-0.2, 0) is 0 Å². The fourth-order valence-corrected chi connectivity index (χ4v) is 2.49. The molecule has 1 unspecified atom stereocenters. The van der Waals surface area contributed by atoms with Crippen LogP contribution in [0.2, 0.25) is 0 Å². The van der Waals surface area contributed by atoms with Crippen LogP contribution in [-0.4, -0.2) is 12.5 Å². The van der Waals surface area contributed by atoms with Crippen LogP contribution in [0.3, 0.4) is 0 Å². The van der Waals surface area contributed by atoms with Crippen LogP contribution in [0.5, 0.6) is 0 Å². The van der Waals surface area contributed by atoms with Gasteiger partial charge >= 0.3 is 0 Å². The highest BCUT2D eigenvalue weighted by atomic mass is 19.1. The minimum absolute atomic E-state index is 0.0350. The zero-order valence-corrected chi connectivity index (χ0v) is 10.9. The number of nitrogens with two attached hydrogens (primary N) is 1. The zero-order chi connectivity index (χ0) is 15.0. The van der Waals surface area contributed by atoms with Crippen molar-refractivity contribution in [3.8, 4) is 0 Å². The molecule has 0 aromatic heterocycles. The molecule has 0 radical (unpaired) electrons. The second-order valence-corrected chi connectivity index (χ2v) is 4.67. The standard InChI is InChI=1S/C15H12F3N3/c16-9-4-1-2-7-12(9)21-13(8-20-15(21)19)14-10(17)5-3-6-11(14)18/h1-7,13H,8H2,(H2,19,20). The van der Waals surface area contributed by atoms with Crippen molar-refractivity contribution in [1.82, 2.24) is 0 Å². The van der Waals surface area contributed by atoms with Gasteiger partial charge in [0.05, 0.1) is 18.3 Å². The van der Waals surface area contributed by atoms with Gasteiger partial charge in [0.1, 0.15) is 17.5 Å².